The molecule has 1 aliphatic heterocycles. The van der Waals surface area contributed by atoms with Crippen molar-refractivity contribution in [3.8, 4) is 0 Å². The van der Waals surface area contributed by atoms with Gasteiger partial charge in [-0.3, -0.25) is 0 Å². The van der Waals surface area contributed by atoms with Crippen LogP contribution in [0.2, 0.25) is 0 Å². The van der Waals surface area contributed by atoms with Crippen LogP contribution in [0.5, 0.6) is 0 Å². The molecule has 4 heteroatoms. The van der Waals surface area contributed by atoms with Gasteiger partial charge >= 0.3 is 0 Å². The molecule has 3 nitrogen and oxygen atoms in total. The van der Waals surface area contributed by atoms with E-state index in [0.29, 0.717) is 19.1 Å². The molecular formula is C9H17BO3. The Balaban J connectivity index is 2.31. The molecule has 1 fully saturated rings. The molecular weight excluding hydrogens is 167 g/mol. The van der Waals surface area contributed by atoms with E-state index in [-0.39, 0.29) is 18.2 Å². The normalized spacial score (nSPS) is 39.6. The highest BCUT2D eigenvalue weighted by Crippen LogP contribution is 2.27. The molecule has 0 aromatic carbocycles. The van der Waals surface area contributed by atoms with Crippen LogP contribution in [0.15, 0.2) is 0 Å². The van der Waals surface area contributed by atoms with Gasteiger partial charge in [0.05, 0.1) is 25.4 Å². The Bertz CT molecular complexity index is 154. The third-order valence-corrected chi connectivity index (χ3v) is 2.55. The van der Waals surface area contributed by atoms with Crippen LogP contribution < -0.4 is 0 Å². The molecule has 0 amide bonds. The second kappa shape index (κ2) is 4.98. The van der Waals surface area contributed by atoms with Crippen molar-refractivity contribution in [1.82, 2.24) is 0 Å². The lowest BCUT2D eigenvalue weighted by atomic mass is 9.89. The maximum atomic E-state index is 5.75. The van der Waals surface area contributed by atoms with Crippen LogP contribution in [0.3, 0.4) is 0 Å². The van der Waals surface area contributed by atoms with Gasteiger partial charge in [0.15, 0.2) is 0 Å². The quantitative estimate of drug-likeness (QED) is 0.472. The second-order valence-electron chi connectivity index (χ2n) is 3.49. The van der Waals surface area contributed by atoms with Crippen LogP contribution in [0.1, 0.15) is 13.8 Å². The predicted molar refractivity (Wildman–Crippen MR) is 50.9 cm³/mol. The summed E-state index contributed by atoms with van der Waals surface area (Å²) in [6.07, 6.45) is 0.188. The van der Waals surface area contributed by atoms with Crippen molar-refractivity contribution in [2.24, 2.45) is 5.92 Å². The van der Waals surface area contributed by atoms with Crippen LogP contribution in [-0.2, 0) is 14.2 Å². The van der Waals surface area contributed by atoms with Gasteiger partial charge in [-0.15, -0.1) is 0 Å². The standard InChI is InChI=1S/C9H17BO3/c1-6-7(2)13-9(10)8(6)12-5-4-11-3/h6-9H,4-5H2,1-3H3/t6?,7?,8-,9?/m1/s1. The van der Waals surface area contributed by atoms with Crippen LogP contribution in [-0.4, -0.2) is 46.4 Å². The van der Waals surface area contributed by atoms with Crippen LogP contribution in [0, 0.1) is 5.92 Å². The molecule has 1 aliphatic rings. The lowest BCUT2D eigenvalue weighted by Crippen LogP contribution is -2.30. The summed E-state index contributed by atoms with van der Waals surface area (Å²) < 4.78 is 15.9. The van der Waals surface area contributed by atoms with Crippen LogP contribution >= 0.6 is 0 Å². The zero-order valence-electron chi connectivity index (χ0n) is 8.53. The molecule has 1 saturated heterocycles. The van der Waals surface area contributed by atoms with E-state index in [2.05, 4.69) is 6.92 Å². The molecule has 1 heterocycles. The van der Waals surface area contributed by atoms with E-state index in [0.717, 1.165) is 0 Å². The van der Waals surface area contributed by atoms with E-state index in [1.807, 2.05) is 6.92 Å². The summed E-state index contributed by atoms with van der Waals surface area (Å²) in [4.78, 5) is 0. The molecule has 0 aromatic rings. The van der Waals surface area contributed by atoms with E-state index in [9.17, 15) is 0 Å². The van der Waals surface area contributed by atoms with Crippen molar-refractivity contribution in [3.05, 3.63) is 0 Å². The molecule has 0 N–H and O–H groups in total. The Hall–Kier alpha value is -0.0551. The van der Waals surface area contributed by atoms with E-state index < -0.39 is 0 Å². The van der Waals surface area contributed by atoms with E-state index in [1.165, 1.54) is 0 Å². The third-order valence-electron chi connectivity index (χ3n) is 2.55. The summed E-state index contributed by atoms with van der Waals surface area (Å²) >= 11 is 0. The second-order valence-corrected chi connectivity index (χ2v) is 3.49. The highest BCUT2D eigenvalue weighted by Gasteiger charge is 2.36. The molecule has 4 atom stereocenters. The summed E-state index contributed by atoms with van der Waals surface area (Å²) in [5, 5.41) is 0. The van der Waals surface area contributed by atoms with Gasteiger partial charge in [-0.2, -0.15) is 0 Å². The molecule has 0 bridgehead atoms. The molecule has 3 unspecified atom stereocenters. The molecule has 0 aromatic heterocycles. The van der Waals surface area contributed by atoms with Gasteiger partial charge in [0, 0.05) is 19.0 Å². The van der Waals surface area contributed by atoms with Gasteiger partial charge in [0.25, 0.3) is 0 Å². The van der Waals surface area contributed by atoms with Crippen molar-refractivity contribution in [2.45, 2.75) is 32.1 Å². The zero-order chi connectivity index (χ0) is 9.84. The lowest BCUT2D eigenvalue weighted by molar-refractivity contribution is -0.0107. The van der Waals surface area contributed by atoms with E-state index in [4.69, 9.17) is 22.1 Å². The molecule has 13 heavy (non-hydrogen) atoms. The molecule has 74 valence electrons. The van der Waals surface area contributed by atoms with Crippen molar-refractivity contribution in [1.29, 1.82) is 0 Å². The molecule has 0 spiro atoms. The highest BCUT2D eigenvalue weighted by atomic mass is 16.6. The molecule has 0 aliphatic carbocycles. The number of hydrogen-bond donors (Lipinski definition) is 0. The highest BCUT2D eigenvalue weighted by molar-refractivity contribution is 6.11. The van der Waals surface area contributed by atoms with Crippen LogP contribution in [0.4, 0.5) is 0 Å². The van der Waals surface area contributed by atoms with Crippen molar-refractivity contribution < 1.29 is 14.2 Å². The lowest BCUT2D eigenvalue weighted by Gasteiger charge is -2.19. The average molecular weight is 184 g/mol. The Kier molecular flexibility index (Phi) is 4.23. The molecule has 1 rings (SSSR count). The Morgan fingerprint density at radius 2 is 2.00 bits per heavy atom. The topological polar surface area (TPSA) is 27.7 Å². The summed E-state index contributed by atoms with van der Waals surface area (Å²) in [6, 6.07) is -0.290. The minimum absolute atomic E-state index is 0.00477. The van der Waals surface area contributed by atoms with E-state index in [1.54, 1.807) is 7.11 Å². The largest absolute Gasteiger partial charge is 0.382 e. The first-order valence-electron chi connectivity index (χ1n) is 4.68. The maximum Gasteiger partial charge on any atom is 0.112 e. The Morgan fingerprint density at radius 3 is 2.46 bits per heavy atom. The van der Waals surface area contributed by atoms with Gasteiger partial charge in [-0.05, 0) is 6.92 Å². The molecule has 2 radical (unpaired) electrons. The molecule has 0 saturated carbocycles. The van der Waals surface area contributed by atoms with Crippen molar-refractivity contribution in [2.75, 3.05) is 20.3 Å². The number of ether oxygens (including phenoxy) is 3. The zero-order valence-corrected chi connectivity index (χ0v) is 8.53. The summed E-state index contributed by atoms with van der Waals surface area (Å²) in [5.41, 5.74) is 0. The fourth-order valence-corrected chi connectivity index (χ4v) is 1.53. The first kappa shape index (κ1) is 11.0. The minimum atomic E-state index is -0.290. The fourth-order valence-electron chi connectivity index (χ4n) is 1.53. The Morgan fingerprint density at radius 1 is 1.31 bits per heavy atom. The maximum absolute atomic E-state index is 5.75. The van der Waals surface area contributed by atoms with Gasteiger partial charge < -0.3 is 14.2 Å². The SMILES string of the molecule is [B]C1OC(C)C(C)[C@H]1OCCOC. The average Bonchev–Trinajstić information content (AvgIpc) is 2.32. The smallest absolute Gasteiger partial charge is 0.112 e. The number of hydrogen-bond acceptors (Lipinski definition) is 3. The minimum Gasteiger partial charge on any atom is -0.382 e. The predicted octanol–water partition coefficient (Wildman–Crippen LogP) is 0.567. The fraction of sp³-hybridized carbons (Fsp3) is 1.00. The van der Waals surface area contributed by atoms with Crippen molar-refractivity contribution >= 4 is 7.85 Å². The summed E-state index contributed by atoms with van der Waals surface area (Å²) in [5.74, 6) is 0.354. The first-order valence-corrected chi connectivity index (χ1v) is 4.68. The summed E-state index contributed by atoms with van der Waals surface area (Å²) in [6.45, 7) is 5.29. The monoisotopic (exact) mass is 184 g/mol. The van der Waals surface area contributed by atoms with Gasteiger partial charge in [-0.1, -0.05) is 6.92 Å². The van der Waals surface area contributed by atoms with Gasteiger partial charge in [0.1, 0.15) is 7.85 Å². The van der Waals surface area contributed by atoms with Crippen LogP contribution in [0.25, 0.3) is 0 Å². The number of methoxy groups -OCH3 is 1. The Labute approximate surface area is 81.1 Å². The van der Waals surface area contributed by atoms with Gasteiger partial charge in [0.2, 0.25) is 0 Å². The van der Waals surface area contributed by atoms with E-state index >= 15 is 0 Å². The third kappa shape index (κ3) is 2.69. The van der Waals surface area contributed by atoms with Crippen molar-refractivity contribution in [3.63, 3.8) is 0 Å². The summed E-state index contributed by atoms with van der Waals surface area (Å²) in [7, 11) is 7.41. The first-order chi connectivity index (χ1) is 6.16. The number of rotatable bonds is 4. The van der Waals surface area contributed by atoms with Gasteiger partial charge in [-0.25, -0.2) is 0 Å².